The molecule has 1 aliphatic carbocycles. The summed E-state index contributed by atoms with van der Waals surface area (Å²) in [7, 11) is 1.66. The fraction of sp³-hybridized carbons (Fsp3) is 0.500. The van der Waals surface area contributed by atoms with Crippen LogP contribution in [-0.2, 0) is 10.3 Å². The fourth-order valence-corrected chi connectivity index (χ4v) is 1.67. The van der Waals surface area contributed by atoms with Crippen molar-refractivity contribution in [3.8, 4) is 0 Å². The van der Waals surface area contributed by atoms with Gasteiger partial charge in [0.1, 0.15) is 11.3 Å². The smallest absolute Gasteiger partial charge is 0.168 e. The van der Waals surface area contributed by atoms with Crippen LogP contribution in [0.1, 0.15) is 35.6 Å². The number of ether oxygens (including phenoxy) is 1. The van der Waals surface area contributed by atoms with Gasteiger partial charge in [-0.3, -0.25) is 4.79 Å². The molecule has 1 aliphatic rings. The lowest BCUT2D eigenvalue weighted by atomic mass is 9.79. The first kappa shape index (κ1) is 9.27. The molecule has 1 fully saturated rings. The molecule has 14 heavy (non-hydrogen) atoms. The Morgan fingerprint density at radius 3 is 2.86 bits per heavy atom. The van der Waals surface area contributed by atoms with Gasteiger partial charge in [-0.05, 0) is 25.3 Å². The van der Waals surface area contributed by atoms with Crippen LogP contribution in [0.5, 0.6) is 0 Å². The third-order valence-electron chi connectivity index (χ3n) is 2.76. The van der Waals surface area contributed by atoms with E-state index in [1.165, 1.54) is 0 Å². The normalized spacial score (nSPS) is 18.6. The molecule has 0 bridgehead atoms. The number of carbonyl (C=O) groups is 1. The molecule has 0 aromatic carbocycles. The highest BCUT2D eigenvalue weighted by Crippen LogP contribution is 2.42. The second-order valence-corrected chi connectivity index (χ2v) is 3.47. The molecular formula is C10H12N2O2. The van der Waals surface area contributed by atoms with Gasteiger partial charge in [-0.2, -0.15) is 0 Å². The van der Waals surface area contributed by atoms with Crippen molar-refractivity contribution in [1.82, 2.24) is 9.97 Å². The molecule has 0 spiro atoms. The van der Waals surface area contributed by atoms with Gasteiger partial charge in [0.2, 0.25) is 0 Å². The summed E-state index contributed by atoms with van der Waals surface area (Å²) in [5.74, 6) is 0.635. The van der Waals surface area contributed by atoms with Gasteiger partial charge in [0.25, 0.3) is 0 Å². The number of rotatable bonds is 3. The van der Waals surface area contributed by atoms with E-state index in [-0.39, 0.29) is 5.60 Å². The van der Waals surface area contributed by atoms with Crippen LogP contribution in [0.25, 0.3) is 0 Å². The van der Waals surface area contributed by atoms with Crippen molar-refractivity contribution in [2.45, 2.75) is 24.9 Å². The standard InChI is InChI=1S/C10H12N2O2/c1-14-10(4-2-5-10)9-11-6-3-8(7-13)12-9/h3,6-7H,2,4-5H2,1H3. The molecule has 0 amide bonds. The van der Waals surface area contributed by atoms with Gasteiger partial charge in [-0.25, -0.2) is 9.97 Å². The summed E-state index contributed by atoms with van der Waals surface area (Å²) < 4.78 is 5.42. The summed E-state index contributed by atoms with van der Waals surface area (Å²) in [6, 6.07) is 1.60. The monoisotopic (exact) mass is 192 g/mol. The Morgan fingerprint density at radius 2 is 2.36 bits per heavy atom. The first-order valence-electron chi connectivity index (χ1n) is 4.64. The quantitative estimate of drug-likeness (QED) is 0.677. The average Bonchev–Trinajstić information content (AvgIpc) is 2.18. The van der Waals surface area contributed by atoms with Gasteiger partial charge >= 0.3 is 0 Å². The number of hydrogen-bond donors (Lipinski definition) is 0. The van der Waals surface area contributed by atoms with E-state index in [9.17, 15) is 4.79 Å². The maximum Gasteiger partial charge on any atom is 0.168 e. The van der Waals surface area contributed by atoms with Gasteiger partial charge in [0.15, 0.2) is 12.1 Å². The van der Waals surface area contributed by atoms with Crippen molar-refractivity contribution < 1.29 is 9.53 Å². The fourth-order valence-electron chi connectivity index (χ4n) is 1.67. The van der Waals surface area contributed by atoms with Crippen molar-refractivity contribution in [1.29, 1.82) is 0 Å². The largest absolute Gasteiger partial charge is 0.370 e. The predicted octanol–water partition coefficient (Wildman–Crippen LogP) is 1.31. The number of methoxy groups -OCH3 is 1. The van der Waals surface area contributed by atoms with E-state index in [4.69, 9.17) is 4.74 Å². The van der Waals surface area contributed by atoms with Gasteiger partial charge in [0, 0.05) is 13.3 Å². The minimum absolute atomic E-state index is 0.334. The molecule has 1 aromatic rings. The van der Waals surface area contributed by atoms with E-state index in [1.54, 1.807) is 19.4 Å². The van der Waals surface area contributed by atoms with Crippen molar-refractivity contribution in [3.05, 3.63) is 23.8 Å². The third kappa shape index (κ3) is 1.32. The second kappa shape index (κ2) is 3.46. The maximum atomic E-state index is 10.5. The zero-order chi connectivity index (χ0) is 10.0. The van der Waals surface area contributed by atoms with Crippen LogP contribution < -0.4 is 0 Å². The van der Waals surface area contributed by atoms with E-state index < -0.39 is 0 Å². The minimum Gasteiger partial charge on any atom is -0.370 e. The van der Waals surface area contributed by atoms with Crippen LogP contribution in [0.15, 0.2) is 12.3 Å². The molecule has 0 saturated heterocycles. The molecule has 0 aliphatic heterocycles. The molecule has 4 heteroatoms. The lowest BCUT2D eigenvalue weighted by Gasteiger charge is -2.38. The topological polar surface area (TPSA) is 52.1 Å². The molecule has 0 N–H and O–H groups in total. The van der Waals surface area contributed by atoms with Crippen molar-refractivity contribution in [2.75, 3.05) is 7.11 Å². The summed E-state index contributed by atoms with van der Waals surface area (Å²) in [5, 5.41) is 0. The molecule has 0 atom stereocenters. The SMILES string of the molecule is COC1(c2nccc(C=O)n2)CCC1. The lowest BCUT2D eigenvalue weighted by Crippen LogP contribution is -2.38. The number of aromatic nitrogens is 2. The Balaban J connectivity index is 2.34. The Labute approximate surface area is 82.3 Å². The highest BCUT2D eigenvalue weighted by atomic mass is 16.5. The van der Waals surface area contributed by atoms with E-state index in [0.717, 1.165) is 25.5 Å². The number of hydrogen-bond acceptors (Lipinski definition) is 4. The zero-order valence-corrected chi connectivity index (χ0v) is 8.06. The number of carbonyl (C=O) groups excluding carboxylic acids is 1. The molecule has 0 unspecified atom stereocenters. The van der Waals surface area contributed by atoms with Crippen LogP contribution in [0.3, 0.4) is 0 Å². The summed E-state index contributed by atoms with van der Waals surface area (Å²) in [6.45, 7) is 0. The Kier molecular flexibility index (Phi) is 2.29. The molecular weight excluding hydrogens is 180 g/mol. The van der Waals surface area contributed by atoms with Gasteiger partial charge in [-0.15, -0.1) is 0 Å². The van der Waals surface area contributed by atoms with Gasteiger partial charge in [-0.1, -0.05) is 0 Å². The Morgan fingerprint density at radius 1 is 1.57 bits per heavy atom. The first-order valence-corrected chi connectivity index (χ1v) is 4.64. The maximum absolute atomic E-state index is 10.5. The summed E-state index contributed by atoms with van der Waals surface area (Å²) in [5.41, 5.74) is 0.0808. The molecule has 1 aromatic heterocycles. The lowest BCUT2D eigenvalue weighted by molar-refractivity contribution is -0.0847. The van der Waals surface area contributed by atoms with Gasteiger partial charge < -0.3 is 4.74 Å². The van der Waals surface area contributed by atoms with Crippen LogP contribution in [-0.4, -0.2) is 23.4 Å². The van der Waals surface area contributed by atoms with Crippen LogP contribution in [0, 0.1) is 0 Å². The predicted molar refractivity (Wildman–Crippen MR) is 50.0 cm³/mol. The molecule has 2 rings (SSSR count). The van der Waals surface area contributed by atoms with Crippen molar-refractivity contribution >= 4 is 6.29 Å². The third-order valence-corrected chi connectivity index (χ3v) is 2.76. The Hall–Kier alpha value is -1.29. The van der Waals surface area contributed by atoms with Crippen LogP contribution in [0.2, 0.25) is 0 Å². The van der Waals surface area contributed by atoms with E-state index >= 15 is 0 Å². The summed E-state index contributed by atoms with van der Waals surface area (Å²) in [6.07, 6.45) is 5.33. The molecule has 4 nitrogen and oxygen atoms in total. The van der Waals surface area contributed by atoms with Crippen molar-refractivity contribution in [3.63, 3.8) is 0 Å². The molecule has 1 saturated carbocycles. The van der Waals surface area contributed by atoms with Crippen LogP contribution in [0.4, 0.5) is 0 Å². The molecule has 1 heterocycles. The number of aldehydes is 1. The summed E-state index contributed by atoms with van der Waals surface area (Å²) >= 11 is 0. The highest BCUT2D eigenvalue weighted by molar-refractivity contribution is 5.71. The molecule has 0 radical (unpaired) electrons. The van der Waals surface area contributed by atoms with Gasteiger partial charge in [0.05, 0.1) is 0 Å². The zero-order valence-electron chi connectivity index (χ0n) is 8.06. The van der Waals surface area contributed by atoms with Crippen LogP contribution >= 0.6 is 0 Å². The van der Waals surface area contributed by atoms with E-state index in [2.05, 4.69) is 9.97 Å². The Bertz CT molecular complexity index is 342. The number of nitrogens with zero attached hydrogens (tertiary/aromatic N) is 2. The first-order chi connectivity index (χ1) is 6.80. The van der Waals surface area contributed by atoms with Crippen molar-refractivity contribution in [2.24, 2.45) is 0 Å². The summed E-state index contributed by atoms with van der Waals surface area (Å²) in [4.78, 5) is 18.9. The second-order valence-electron chi connectivity index (χ2n) is 3.47. The average molecular weight is 192 g/mol. The minimum atomic E-state index is -0.334. The molecule has 74 valence electrons. The van der Waals surface area contributed by atoms with E-state index in [1.807, 2.05) is 0 Å². The van der Waals surface area contributed by atoms with E-state index in [0.29, 0.717) is 11.5 Å². The highest BCUT2D eigenvalue weighted by Gasteiger charge is 2.41.